The van der Waals surface area contributed by atoms with Crippen LogP contribution in [0, 0.1) is 0 Å². The molecule has 0 spiro atoms. The largest absolute Gasteiger partial charge is 0.456 e. The smallest absolute Gasteiger partial charge is 0.136 e. The first-order valence-electron chi connectivity index (χ1n) is 19.8. The van der Waals surface area contributed by atoms with Gasteiger partial charge in [-0.3, -0.25) is 0 Å². The maximum Gasteiger partial charge on any atom is 0.136 e. The van der Waals surface area contributed by atoms with E-state index in [-0.39, 0.29) is 0 Å². The minimum absolute atomic E-state index is 0.883. The second kappa shape index (κ2) is 14.1. The van der Waals surface area contributed by atoms with Crippen molar-refractivity contribution in [3.63, 3.8) is 0 Å². The van der Waals surface area contributed by atoms with Crippen molar-refractivity contribution in [2.45, 2.75) is 0 Å². The quantitative estimate of drug-likeness (QED) is 0.162. The van der Waals surface area contributed by atoms with Crippen LogP contribution in [0.15, 0.2) is 229 Å². The van der Waals surface area contributed by atoms with Crippen molar-refractivity contribution in [3.05, 3.63) is 224 Å². The summed E-state index contributed by atoms with van der Waals surface area (Å²) in [6, 6.07) is 80.7. The monoisotopic (exact) mass is 739 g/mol. The topological polar surface area (TPSA) is 16.4 Å². The predicted molar refractivity (Wildman–Crippen MR) is 245 cm³/mol. The molecule has 0 N–H and O–H groups in total. The van der Waals surface area contributed by atoms with Crippen LogP contribution in [0.1, 0.15) is 0 Å². The van der Waals surface area contributed by atoms with Gasteiger partial charge in [-0.2, -0.15) is 0 Å². The van der Waals surface area contributed by atoms with E-state index in [2.05, 4.69) is 217 Å². The van der Waals surface area contributed by atoms with Gasteiger partial charge in [0.15, 0.2) is 0 Å². The van der Waals surface area contributed by atoms with Crippen LogP contribution in [0.2, 0.25) is 0 Å². The normalized spacial score (nSPS) is 11.4. The molecular weight excluding hydrogens is 703 g/mol. The Morgan fingerprint density at radius 3 is 1.45 bits per heavy atom. The average molecular weight is 740 g/mol. The number of benzene rings is 10. The first-order chi connectivity index (χ1) is 28.8. The predicted octanol–water partition coefficient (Wildman–Crippen LogP) is 16.0. The molecule has 2 heteroatoms. The van der Waals surface area contributed by atoms with Crippen molar-refractivity contribution in [1.82, 2.24) is 0 Å². The second-order valence-electron chi connectivity index (χ2n) is 14.9. The molecule has 2 nitrogen and oxygen atoms in total. The molecule has 0 aliphatic rings. The maximum absolute atomic E-state index is 6.38. The molecule has 272 valence electrons. The molecule has 0 aliphatic carbocycles. The fourth-order valence-electron chi connectivity index (χ4n) is 8.72. The minimum atomic E-state index is 0.883. The third-order valence-corrected chi connectivity index (χ3v) is 11.5. The number of rotatable bonds is 7. The van der Waals surface area contributed by atoms with Gasteiger partial charge in [-0.15, -0.1) is 0 Å². The lowest BCUT2D eigenvalue weighted by atomic mass is 9.91. The summed E-state index contributed by atoms with van der Waals surface area (Å²) in [7, 11) is 0. The molecule has 10 aromatic carbocycles. The molecule has 0 bridgehead atoms. The summed E-state index contributed by atoms with van der Waals surface area (Å²) < 4.78 is 6.38. The lowest BCUT2D eigenvalue weighted by Gasteiger charge is -2.28. The van der Waals surface area contributed by atoms with Crippen molar-refractivity contribution in [2.24, 2.45) is 0 Å². The van der Waals surface area contributed by atoms with Crippen molar-refractivity contribution in [2.75, 3.05) is 4.90 Å². The molecular formula is C56H37NO. The first kappa shape index (κ1) is 33.6. The zero-order chi connectivity index (χ0) is 38.4. The third kappa shape index (κ3) is 5.82. The van der Waals surface area contributed by atoms with Gasteiger partial charge in [0.1, 0.15) is 11.2 Å². The summed E-state index contributed by atoms with van der Waals surface area (Å²) in [5.41, 5.74) is 14.5. The lowest BCUT2D eigenvalue weighted by molar-refractivity contribution is 0.669. The molecule has 0 radical (unpaired) electrons. The van der Waals surface area contributed by atoms with Crippen LogP contribution in [-0.2, 0) is 0 Å². The minimum Gasteiger partial charge on any atom is -0.456 e. The highest BCUT2D eigenvalue weighted by molar-refractivity contribution is 6.06. The molecule has 0 amide bonds. The summed E-state index contributed by atoms with van der Waals surface area (Å²) in [4.78, 5) is 2.38. The average Bonchev–Trinajstić information content (AvgIpc) is 3.67. The Morgan fingerprint density at radius 1 is 0.276 bits per heavy atom. The molecule has 0 fully saturated rings. The van der Waals surface area contributed by atoms with Gasteiger partial charge in [-0.1, -0.05) is 176 Å². The van der Waals surface area contributed by atoms with Gasteiger partial charge in [0, 0.05) is 27.7 Å². The molecule has 0 unspecified atom stereocenters. The van der Waals surface area contributed by atoms with Crippen molar-refractivity contribution in [1.29, 1.82) is 0 Å². The molecule has 1 heterocycles. The Bertz CT molecular complexity index is 3270. The third-order valence-electron chi connectivity index (χ3n) is 11.5. The van der Waals surface area contributed by atoms with E-state index in [4.69, 9.17) is 4.42 Å². The summed E-state index contributed by atoms with van der Waals surface area (Å²) in [5, 5.41) is 7.24. The number of hydrogen-bond acceptors (Lipinski definition) is 2. The van der Waals surface area contributed by atoms with Crippen LogP contribution < -0.4 is 4.90 Å². The fraction of sp³-hybridized carbons (Fsp3) is 0. The molecule has 0 atom stereocenters. The highest BCUT2D eigenvalue weighted by Gasteiger charge is 2.19. The van der Waals surface area contributed by atoms with Crippen molar-refractivity contribution >= 4 is 60.5 Å². The SMILES string of the molecule is c1ccc(-c2cccc3ccccc23)c(-c2ccc(N(c3ccc(-c4cccc5ccccc45)cc3)c3ccccc3-c3ccc4c(c3)oc3ccccc34)cc2)c1. The summed E-state index contributed by atoms with van der Waals surface area (Å²) in [6.45, 7) is 0. The molecule has 0 saturated carbocycles. The van der Waals surface area contributed by atoms with Crippen LogP contribution in [0.25, 0.3) is 88.0 Å². The van der Waals surface area contributed by atoms with Crippen LogP contribution in [0.4, 0.5) is 17.1 Å². The van der Waals surface area contributed by atoms with Crippen LogP contribution in [0.5, 0.6) is 0 Å². The Kier molecular flexibility index (Phi) is 8.19. The molecule has 58 heavy (non-hydrogen) atoms. The summed E-state index contributed by atoms with van der Waals surface area (Å²) >= 11 is 0. The van der Waals surface area contributed by atoms with Gasteiger partial charge >= 0.3 is 0 Å². The molecule has 11 aromatic rings. The number of furan rings is 1. The molecule has 0 aliphatic heterocycles. The van der Waals surface area contributed by atoms with E-state index in [1.165, 1.54) is 54.9 Å². The zero-order valence-corrected chi connectivity index (χ0v) is 31.7. The van der Waals surface area contributed by atoms with Gasteiger partial charge in [0.25, 0.3) is 0 Å². The van der Waals surface area contributed by atoms with E-state index >= 15 is 0 Å². The van der Waals surface area contributed by atoms with Crippen LogP contribution in [-0.4, -0.2) is 0 Å². The Hall–Kier alpha value is -7.68. The van der Waals surface area contributed by atoms with Crippen molar-refractivity contribution < 1.29 is 4.42 Å². The molecule has 0 saturated heterocycles. The summed E-state index contributed by atoms with van der Waals surface area (Å²) in [6.07, 6.45) is 0. The summed E-state index contributed by atoms with van der Waals surface area (Å²) in [5.74, 6) is 0. The van der Waals surface area contributed by atoms with E-state index in [0.717, 1.165) is 50.1 Å². The molecule has 11 rings (SSSR count). The van der Waals surface area contributed by atoms with Crippen molar-refractivity contribution in [3.8, 4) is 44.5 Å². The van der Waals surface area contributed by atoms with Gasteiger partial charge in [-0.25, -0.2) is 0 Å². The van der Waals surface area contributed by atoms with E-state index in [1.807, 2.05) is 12.1 Å². The highest BCUT2D eigenvalue weighted by atomic mass is 16.3. The Labute approximate surface area is 337 Å². The van der Waals surface area contributed by atoms with Gasteiger partial charge in [0.05, 0.1) is 5.69 Å². The number of hydrogen-bond donors (Lipinski definition) is 0. The van der Waals surface area contributed by atoms with Crippen LogP contribution >= 0.6 is 0 Å². The van der Waals surface area contributed by atoms with Crippen LogP contribution in [0.3, 0.4) is 0 Å². The number of anilines is 3. The molecule has 1 aromatic heterocycles. The second-order valence-corrected chi connectivity index (χ2v) is 14.9. The zero-order valence-electron chi connectivity index (χ0n) is 31.7. The van der Waals surface area contributed by atoms with Gasteiger partial charge in [-0.05, 0) is 109 Å². The van der Waals surface area contributed by atoms with E-state index in [1.54, 1.807) is 0 Å². The number of nitrogens with zero attached hydrogens (tertiary/aromatic N) is 1. The van der Waals surface area contributed by atoms with Gasteiger partial charge < -0.3 is 9.32 Å². The van der Waals surface area contributed by atoms with E-state index in [0.29, 0.717) is 0 Å². The lowest BCUT2D eigenvalue weighted by Crippen LogP contribution is -2.11. The van der Waals surface area contributed by atoms with E-state index in [9.17, 15) is 0 Å². The highest BCUT2D eigenvalue weighted by Crippen LogP contribution is 2.44. The van der Waals surface area contributed by atoms with E-state index < -0.39 is 0 Å². The number of fused-ring (bicyclic) bond motifs is 5. The standard InChI is InChI=1S/C56H37NO/c1-3-17-45-38(13-1)15-11-23-46(45)40-27-32-43(33-28-40)57(54-25-9-7-20-49(54)42-31-36-53-52-22-8-10-26-55(52)58-56(53)37-42)44-34-29-41(30-35-44)48-19-5-6-21-50(48)51-24-12-16-39-14-2-4-18-47(39)51/h1-37H. The maximum atomic E-state index is 6.38. The number of para-hydroxylation sites is 2. The Morgan fingerprint density at radius 2 is 0.741 bits per heavy atom. The fourth-order valence-corrected chi connectivity index (χ4v) is 8.72. The first-order valence-corrected chi connectivity index (χ1v) is 19.8. The van der Waals surface area contributed by atoms with Gasteiger partial charge in [0.2, 0.25) is 0 Å². The Balaban J connectivity index is 1.04.